The molecule has 1 aliphatic rings. The molecule has 0 aromatic heterocycles. The molecule has 0 amide bonds. The van der Waals surface area contributed by atoms with Crippen molar-refractivity contribution < 1.29 is 4.74 Å². The van der Waals surface area contributed by atoms with Crippen LogP contribution in [0.25, 0.3) is 0 Å². The first-order valence-corrected chi connectivity index (χ1v) is 4.29. The number of hydrogen-bond acceptors (Lipinski definition) is 1. The van der Waals surface area contributed by atoms with Gasteiger partial charge in [-0.3, -0.25) is 0 Å². The highest BCUT2D eigenvalue weighted by molar-refractivity contribution is 5.41. The van der Waals surface area contributed by atoms with E-state index in [1.807, 2.05) is 24.3 Å². The lowest BCUT2D eigenvalue weighted by Crippen LogP contribution is -2.26. The van der Waals surface area contributed by atoms with Crippen LogP contribution in [0.1, 0.15) is 19.4 Å². The van der Waals surface area contributed by atoms with Crippen LogP contribution in [-0.2, 0) is 0 Å². The number of rotatable bonds is 0. The Kier molecular flexibility index (Phi) is 1.80. The normalized spacial score (nSPS) is 27.5. The van der Waals surface area contributed by atoms with Gasteiger partial charge in [0.15, 0.2) is 0 Å². The molecule has 0 N–H and O–H groups in total. The maximum Gasteiger partial charge on any atom is 0.123 e. The van der Waals surface area contributed by atoms with Crippen molar-refractivity contribution in [3.05, 3.63) is 36.2 Å². The molecule has 0 saturated carbocycles. The molecular weight excluding hydrogens is 148 g/mol. The minimum atomic E-state index is 0.250. The molecule has 0 bridgehead atoms. The number of fused-ring (bicyclic) bond motifs is 1. The topological polar surface area (TPSA) is 9.23 Å². The highest BCUT2D eigenvalue weighted by atomic mass is 16.5. The van der Waals surface area contributed by atoms with Crippen LogP contribution in [-0.4, -0.2) is 6.10 Å². The lowest BCUT2D eigenvalue weighted by Gasteiger charge is -2.28. The summed E-state index contributed by atoms with van der Waals surface area (Å²) in [4.78, 5) is 0. The van der Waals surface area contributed by atoms with E-state index in [0.717, 1.165) is 11.3 Å². The molecule has 0 fully saturated rings. The summed E-state index contributed by atoms with van der Waals surface area (Å²) in [6.45, 7) is 4.20. The van der Waals surface area contributed by atoms with Gasteiger partial charge < -0.3 is 4.74 Å². The van der Waals surface area contributed by atoms with Gasteiger partial charge in [0.25, 0.3) is 0 Å². The molecule has 1 aliphatic heterocycles. The Morgan fingerprint density at radius 1 is 1.25 bits per heavy atom. The summed E-state index contributed by atoms with van der Waals surface area (Å²) < 4.78 is 5.68. The van der Waals surface area contributed by atoms with Crippen molar-refractivity contribution in [2.24, 2.45) is 5.92 Å². The second kappa shape index (κ2) is 2.81. The Labute approximate surface area is 73.4 Å². The van der Waals surface area contributed by atoms with Crippen molar-refractivity contribution in [3.63, 3.8) is 0 Å². The zero-order valence-electron chi connectivity index (χ0n) is 7.37. The van der Waals surface area contributed by atoms with Crippen molar-refractivity contribution in [2.45, 2.75) is 20.0 Å². The fraction of sp³-hybridized carbons (Fsp3) is 0.364. The van der Waals surface area contributed by atoms with E-state index in [4.69, 9.17) is 4.74 Å². The van der Waals surface area contributed by atoms with Gasteiger partial charge in [0.2, 0.25) is 0 Å². The van der Waals surface area contributed by atoms with Gasteiger partial charge in [-0.25, -0.2) is 0 Å². The fourth-order valence-electron chi connectivity index (χ4n) is 1.35. The molecule has 1 aromatic rings. The Morgan fingerprint density at radius 2 is 2.00 bits per heavy atom. The third-order valence-electron chi connectivity index (χ3n) is 2.29. The molecule has 0 spiro atoms. The van der Waals surface area contributed by atoms with E-state index < -0.39 is 0 Å². The first-order valence-electron chi connectivity index (χ1n) is 4.29. The first-order chi connectivity index (χ1) is 5.77. The molecule has 2 unspecified atom stereocenters. The number of benzene rings is 1. The third-order valence-corrected chi connectivity index (χ3v) is 2.29. The van der Waals surface area contributed by atoms with E-state index in [-0.39, 0.29) is 6.10 Å². The Bertz CT molecular complexity index is 251. The third kappa shape index (κ3) is 1.20. The first kappa shape index (κ1) is 7.66. The van der Waals surface area contributed by atoms with E-state index in [1.54, 1.807) is 0 Å². The maximum atomic E-state index is 5.68. The molecule has 0 aliphatic carbocycles. The molecule has 1 heteroatoms. The minimum absolute atomic E-state index is 0.250. The van der Waals surface area contributed by atoms with Gasteiger partial charge in [0, 0.05) is 17.9 Å². The quantitative estimate of drug-likeness (QED) is 0.566. The van der Waals surface area contributed by atoms with Gasteiger partial charge in [0.05, 0.1) is 6.10 Å². The van der Waals surface area contributed by atoms with Gasteiger partial charge >= 0.3 is 0 Å². The maximum absolute atomic E-state index is 5.68. The van der Waals surface area contributed by atoms with Crippen molar-refractivity contribution in [3.8, 4) is 5.75 Å². The summed E-state index contributed by atoms with van der Waals surface area (Å²) in [5.74, 6) is 1.35. The van der Waals surface area contributed by atoms with Crippen LogP contribution in [0, 0.1) is 12.3 Å². The summed E-state index contributed by atoms with van der Waals surface area (Å²) in [6.07, 6.45) is 3.63. The summed E-state index contributed by atoms with van der Waals surface area (Å²) in [6, 6.07) is 8.03. The van der Waals surface area contributed by atoms with Crippen molar-refractivity contribution in [2.75, 3.05) is 0 Å². The number of para-hydroxylation sites is 1. The minimum Gasteiger partial charge on any atom is -0.490 e. The van der Waals surface area contributed by atoms with Crippen molar-refractivity contribution >= 4 is 0 Å². The molecule has 2 radical (unpaired) electrons. The van der Waals surface area contributed by atoms with E-state index in [1.165, 1.54) is 0 Å². The average Bonchev–Trinajstić information content (AvgIpc) is 2.07. The van der Waals surface area contributed by atoms with Crippen LogP contribution in [0.2, 0.25) is 0 Å². The second-order valence-corrected chi connectivity index (χ2v) is 3.25. The lowest BCUT2D eigenvalue weighted by molar-refractivity contribution is 0.163. The Morgan fingerprint density at radius 3 is 2.83 bits per heavy atom. The van der Waals surface area contributed by atoms with E-state index in [2.05, 4.69) is 20.3 Å². The van der Waals surface area contributed by atoms with E-state index in [9.17, 15) is 0 Å². The molecule has 1 heterocycles. The van der Waals surface area contributed by atoms with Crippen molar-refractivity contribution in [1.29, 1.82) is 0 Å². The van der Waals surface area contributed by atoms with Crippen LogP contribution < -0.4 is 4.74 Å². The molecule has 2 atom stereocenters. The summed E-state index contributed by atoms with van der Waals surface area (Å²) in [7, 11) is 0. The predicted molar refractivity (Wildman–Crippen MR) is 48.0 cm³/mol. The smallest absolute Gasteiger partial charge is 0.123 e. The fourth-order valence-corrected chi connectivity index (χ4v) is 1.35. The van der Waals surface area contributed by atoms with Gasteiger partial charge in [-0.2, -0.15) is 0 Å². The molecule has 12 heavy (non-hydrogen) atoms. The number of hydrogen-bond donors (Lipinski definition) is 0. The molecule has 1 aromatic carbocycles. The zero-order valence-corrected chi connectivity index (χ0v) is 7.37. The standard InChI is InChI=1S/C11H12O/c1-8-7-10-5-3-4-6-11(10)12-9(8)2/h3-6,8-9H,1-2H3. The average molecular weight is 160 g/mol. The summed E-state index contributed by atoms with van der Waals surface area (Å²) in [5.41, 5.74) is 1.10. The van der Waals surface area contributed by atoms with E-state index in [0.29, 0.717) is 5.92 Å². The zero-order chi connectivity index (χ0) is 8.55. The van der Waals surface area contributed by atoms with Crippen LogP contribution in [0.15, 0.2) is 24.3 Å². The lowest BCUT2D eigenvalue weighted by atomic mass is 9.93. The monoisotopic (exact) mass is 160 g/mol. The molecule has 0 saturated heterocycles. The van der Waals surface area contributed by atoms with Gasteiger partial charge in [-0.1, -0.05) is 25.1 Å². The SMILES string of the molecule is CC1[C]c2ccccc2OC1C. The van der Waals surface area contributed by atoms with Crippen LogP contribution in [0.4, 0.5) is 0 Å². The second-order valence-electron chi connectivity index (χ2n) is 3.25. The van der Waals surface area contributed by atoms with Gasteiger partial charge in [-0.05, 0) is 13.0 Å². The van der Waals surface area contributed by atoms with Gasteiger partial charge in [-0.15, -0.1) is 0 Å². The highest BCUT2D eigenvalue weighted by Crippen LogP contribution is 2.31. The van der Waals surface area contributed by atoms with Crippen LogP contribution in [0.5, 0.6) is 5.75 Å². The molecule has 1 nitrogen and oxygen atoms in total. The predicted octanol–water partition coefficient (Wildman–Crippen LogP) is 2.53. The molecule has 2 rings (SSSR count). The summed E-state index contributed by atoms with van der Waals surface area (Å²) >= 11 is 0. The van der Waals surface area contributed by atoms with Crippen molar-refractivity contribution in [1.82, 2.24) is 0 Å². The molecular formula is C11H12O. The summed E-state index contributed by atoms with van der Waals surface area (Å²) in [5, 5.41) is 0. The van der Waals surface area contributed by atoms with Crippen LogP contribution in [0.3, 0.4) is 0 Å². The molecule has 62 valence electrons. The largest absolute Gasteiger partial charge is 0.490 e. The Balaban J connectivity index is 2.34. The number of ether oxygens (including phenoxy) is 1. The van der Waals surface area contributed by atoms with E-state index >= 15 is 0 Å². The van der Waals surface area contributed by atoms with Crippen LogP contribution >= 0.6 is 0 Å². The van der Waals surface area contributed by atoms with Gasteiger partial charge in [0.1, 0.15) is 5.75 Å². The highest BCUT2D eigenvalue weighted by Gasteiger charge is 2.22. The Hall–Kier alpha value is -0.980.